The van der Waals surface area contributed by atoms with Gasteiger partial charge in [-0.1, -0.05) is 0 Å². The van der Waals surface area contributed by atoms with Crippen LogP contribution in [0.2, 0.25) is 0 Å². The Bertz CT molecular complexity index is 615. The first-order valence-corrected chi connectivity index (χ1v) is 21.9. The Balaban J connectivity index is -0.000000338. The number of quaternary nitrogens is 11. The molecule has 0 aliphatic carbocycles. The van der Waals surface area contributed by atoms with Crippen LogP contribution < -0.4 is 244 Å². The molecule has 60 heavy (non-hydrogen) atoms. The molecular formula is C36H92Br11N13. The molecule has 0 saturated carbocycles. The van der Waals surface area contributed by atoms with Gasteiger partial charge in [0.2, 0.25) is 0 Å². The smallest absolute Gasteiger partial charge is 0.127 e. The average Bonchev–Trinajstić information content (AvgIpc) is 3.11. The van der Waals surface area contributed by atoms with Crippen LogP contribution in [0.15, 0.2) is 0 Å². The first kappa shape index (κ1) is 84.7. The summed E-state index contributed by atoms with van der Waals surface area (Å²) in [5.41, 5.74) is 0. The molecule has 13 nitrogen and oxygen atoms in total. The Labute approximate surface area is 483 Å². The third-order valence-corrected chi connectivity index (χ3v) is 11.3. The molecule has 0 aromatic carbocycles. The molecule has 3 aliphatic rings. The highest BCUT2D eigenvalue weighted by Gasteiger charge is 2.20. The van der Waals surface area contributed by atoms with Crippen LogP contribution in [0.3, 0.4) is 0 Å². The Kier molecular flexibility index (Phi) is 92.9. The van der Waals surface area contributed by atoms with E-state index in [1.54, 1.807) is 0 Å². The summed E-state index contributed by atoms with van der Waals surface area (Å²) in [4.78, 5) is 9.36. The second kappa shape index (κ2) is 65.8. The van der Waals surface area contributed by atoms with Crippen molar-refractivity contribution in [3.8, 4) is 0 Å². The van der Waals surface area contributed by atoms with E-state index in [1.165, 1.54) is 235 Å². The van der Waals surface area contributed by atoms with Crippen molar-refractivity contribution >= 4 is 0 Å². The zero-order valence-corrected chi connectivity index (χ0v) is 54.1. The third kappa shape index (κ3) is 52.1. The van der Waals surface area contributed by atoms with E-state index in [4.69, 9.17) is 0 Å². The fraction of sp³-hybridized carbons (Fsp3) is 1.00. The molecule has 0 amide bonds. The summed E-state index contributed by atoms with van der Waals surface area (Å²) >= 11 is 0. The Morgan fingerprint density at radius 2 is 0.533 bits per heavy atom. The zero-order chi connectivity index (χ0) is 34.1. The van der Waals surface area contributed by atoms with E-state index >= 15 is 0 Å². The lowest BCUT2D eigenvalue weighted by molar-refractivity contribution is -0.967. The van der Waals surface area contributed by atoms with Crippen LogP contribution in [0.5, 0.6) is 0 Å². The predicted octanol–water partition coefficient (Wildman–Crippen LogP) is -47.1. The van der Waals surface area contributed by atoms with Gasteiger partial charge in [-0.25, -0.2) is 0 Å². The van der Waals surface area contributed by atoms with Gasteiger partial charge in [0.25, 0.3) is 0 Å². The maximum atomic E-state index is 2.82. The molecule has 0 atom stereocenters. The maximum Gasteiger partial charge on any atom is 0.127 e. The molecule has 0 aromatic heterocycles. The van der Waals surface area contributed by atoms with E-state index in [0.29, 0.717) is 0 Å². The highest BCUT2D eigenvalue weighted by molar-refractivity contribution is 4.58. The van der Waals surface area contributed by atoms with Gasteiger partial charge >= 0.3 is 0 Å². The monoisotopic (exact) mass is 1570 g/mol. The minimum Gasteiger partial charge on any atom is -1.00 e. The number of halogens is 11. The van der Waals surface area contributed by atoms with Crippen molar-refractivity contribution < 1.29 is 244 Å². The van der Waals surface area contributed by atoms with Gasteiger partial charge in [-0.2, -0.15) is 0 Å². The summed E-state index contributed by atoms with van der Waals surface area (Å²) in [6.07, 6.45) is 8.09. The summed E-state index contributed by atoms with van der Waals surface area (Å²) in [5.74, 6) is 0. The first-order chi connectivity index (χ1) is 24.4. The molecule has 0 radical (unpaired) electrons. The van der Waals surface area contributed by atoms with Crippen molar-refractivity contribution in [1.29, 1.82) is 0 Å². The Morgan fingerprint density at radius 1 is 0.300 bits per heavy atom. The van der Waals surface area contributed by atoms with Crippen molar-refractivity contribution in [2.24, 2.45) is 0 Å². The minimum absolute atomic E-state index is 0. The molecule has 24 heteroatoms. The molecule has 3 heterocycles. The molecule has 0 spiro atoms. The van der Waals surface area contributed by atoms with Crippen molar-refractivity contribution in [1.82, 2.24) is 9.80 Å². The Hall–Kier alpha value is 4.76. The number of nitrogens with two attached hydrogens (primary N) is 9. The van der Waals surface area contributed by atoms with Gasteiger partial charge in [-0.05, 0) is 0 Å². The summed E-state index contributed by atoms with van der Waals surface area (Å²) < 4.78 is 0. The van der Waals surface area contributed by atoms with Crippen LogP contribution in [-0.2, 0) is 0 Å². The van der Waals surface area contributed by atoms with Gasteiger partial charge in [0.1, 0.15) is 39.3 Å². The fourth-order valence-corrected chi connectivity index (χ4v) is 7.85. The van der Waals surface area contributed by atoms with Gasteiger partial charge in [-0.3, -0.25) is 9.80 Å². The molecule has 0 unspecified atom stereocenters. The minimum atomic E-state index is 0. The molecular weight excluding hydrogens is 1490 g/mol. The maximum absolute atomic E-state index is 2.82. The SMILES string of the molecule is C1C[NH2+]CCC[NH2+]CCN(CC[NH+](CCN2CC[NH2+]CCC[NH2+]CCC[NH2+]CC2)CC[NH+]2CC[NH2+]CCC[NH2+]CCC[NH2+]CC2)CC[NH2+]C1.[Br-].[Br-].[Br-].[Br-].[Br-].[Br-].[Br-].[Br-].[Br-].[Br-].[Br-]. The van der Waals surface area contributed by atoms with Crippen LogP contribution >= 0.6 is 0 Å². The second-order valence-corrected chi connectivity index (χ2v) is 15.6. The van der Waals surface area contributed by atoms with Gasteiger partial charge in [0.05, 0.1) is 118 Å². The number of nitrogens with one attached hydrogen (secondary N) is 2. The van der Waals surface area contributed by atoms with Crippen LogP contribution in [-0.4, -0.2) is 206 Å². The normalized spacial score (nSPS) is 19.9. The van der Waals surface area contributed by atoms with E-state index in [2.05, 4.69) is 57.7 Å². The molecule has 3 fully saturated rings. The lowest BCUT2D eigenvalue weighted by Gasteiger charge is -2.28. The largest absolute Gasteiger partial charge is 1.00 e. The summed E-state index contributed by atoms with van der Waals surface area (Å²) in [5, 5.41) is 23.2. The van der Waals surface area contributed by atoms with Crippen LogP contribution in [0, 0.1) is 0 Å². The number of rotatable bonds is 9. The standard InChI is InChI=1S/C36H81N13.11BrH/c1-7-37-8-2-14-41-20-26-46(25-19-40-13-1)31-34-49(35-32-47-27-21-42-15-3-9-38-10-4-16-43-22-28-47)36-33-48-29-23-44-17-5-11-39-12-6-18-45-24-30-48;;;;;;;;;;;/h37-45H,1-36H2;11*1H. The van der Waals surface area contributed by atoms with E-state index in [9.17, 15) is 0 Å². The Morgan fingerprint density at radius 3 is 0.800 bits per heavy atom. The number of hydrogen-bond donors (Lipinski definition) is 11. The lowest BCUT2D eigenvalue weighted by Crippen LogP contribution is -3.23. The fourth-order valence-electron chi connectivity index (χ4n) is 7.85. The summed E-state index contributed by atoms with van der Waals surface area (Å²) in [7, 11) is 0. The summed E-state index contributed by atoms with van der Waals surface area (Å²) in [6.45, 7) is 38.7. The lowest BCUT2D eigenvalue weighted by atomic mass is 10.3. The van der Waals surface area contributed by atoms with Crippen molar-refractivity contribution in [2.45, 2.75) is 38.5 Å². The van der Waals surface area contributed by atoms with Crippen LogP contribution in [0.25, 0.3) is 0 Å². The zero-order valence-electron chi connectivity index (χ0n) is 36.7. The van der Waals surface area contributed by atoms with E-state index in [1.807, 2.05) is 9.80 Å². The topological polar surface area (TPSA) is 165 Å². The quantitative estimate of drug-likeness (QED) is 0.111. The van der Waals surface area contributed by atoms with E-state index < -0.39 is 0 Å². The molecule has 3 aliphatic heterocycles. The second-order valence-electron chi connectivity index (χ2n) is 15.6. The average molecular weight is 1590 g/mol. The van der Waals surface area contributed by atoms with Gasteiger partial charge in [0.15, 0.2) is 0 Å². The number of nitrogens with zero attached hydrogens (tertiary/aromatic N) is 2. The summed E-state index contributed by atoms with van der Waals surface area (Å²) in [6, 6.07) is 0. The van der Waals surface area contributed by atoms with Gasteiger partial charge < -0.3 is 244 Å². The van der Waals surface area contributed by atoms with Crippen molar-refractivity contribution in [3.05, 3.63) is 0 Å². The highest BCUT2D eigenvalue weighted by Crippen LogP contribution is 1.85. The molecule has 3 rings (SSSR count). The van der Waals surface area contributed by atoms with Crippen molar-refractivity contribution in [2.75, 3.05) is 196 Å². The molecule has 378 valence electrons. The number of hydrogen-bond acceptors (Lipinski definition) is 2. The molecule has 0 bridgehead atoms. The molecule has 0 aromatic rings. The third-order valence-electron chi connectivity index (χ3n) is 11.3. The van der Waals surface area contributed by atoms with Gasteiger partial charge in [-0.15, -0.1) is 0 Å². The van der Waals surface area contributed by atoms with Crippen LogP contribution in [0.1, 0.15) is 38.5 Å². The van der Waals surface area contributed by atoms with E-state index in [-0.39, 0.29) is 187 Å². The predicted molar refractivity (Wildman–Crippen MR) is 197 cm³/mol. The molecule has 20 N–H and O–H groups in total. The van der Waals surface area contributed by atoms with E-state index in [0.717, 1.165) is 0 Å². The van der Waals surface area contributed by atoms with Crippen molar-refractivity contribution in [3.63, 3.8) is 0 Å². The molecule has 3 saturated heterocycles. The van der Waals surface area contributed by atoms with Gasteiger partial charge in [0, 0.05) is 77.8 Å². The van der Waals surface area contributed by atoms with Crippen LogP contribution in [0.4, 0.5) is 0 Å². The first-order valence-electron chi connectivity index (χ1n) is 21.9. The highest BCUT2D eigenvalue weighted by atomic mass is 79.9.